The van der Waals surface area contributed by atoms with Crippen molar-refractivity contribution in [2.45, 2.75) is 6.92 Å². The Labute approximate surface area is 130 Å². The number of hydrogen-bond donors (Lipinski definition) is 1. The molecule has 0 atom stereocenters. The molecule has 0 saturated heterocycles. The molecule has 4 nitrogen and oxygen atoms in total. The topological polar surface area (TPSA) is 54.9 Å². The molecule has 6 heteroatoms. The first-order valence-corrected chi connectivity index (χ1v) is 7.46. The zero-order valence-electron chi connectivity index (χ0n) is 11.7. The molecular formula is C16H12FN3OS. The molecule has 3 aromatic rings. The third-order valence-electron chi connectivity index (χ3n) is 3.12. The lowest BCUT2D eigenvalue weighted by atomic mass is 10.1. The van der Waals surface area contributed by atoms with Crippen LogP contribution in [0.2, 0.25) is 0 Å². The molecule has 0 unspecified atom stereocenters. The molecule has 0 fully saturated rings. The second-order valence-corrected chi connectivity index (χ2v) is 5.52. The third-order valence-corrected chi connectivity index (χ3v) is 3.81. The maximum Gasteiger partial charge on any atom is 0.259 e. The van der Waals surface area contributed by atoms with Crippen LogP contribution in [0.25, 0.3) is 11.3 Å². The van der Waals surface area contributed by atoms with Crippen LogP contribution in [-0.4, -0.2) is 15.9 Å². The fourth-order valence-electron chi connectivity index (χ4n) is 2.03. The molecule has 0 aliphatic heterocycles. The van der Waals surface area contributed by atoms with Crippen LogP contribution >= 0.6 is 11.3 Å². The Morgan fingerprint density at radius 3 is 2.59 bits per heavy atom. The Bertz CT molecular complexity index is 801. The molecule has 22 heavy (non-hydrogen) atoms. The van der Waals surface area contributed by atoms with Gasteiger partial charge in [0.05, 0.1) is 17.0 Å². The van der Waals surface area contributed by atoms with Crippen molar-refractivity contribution < 1.29 is 9.18 Å². The molecule has 0 aliphatic rings. The van der Waals surface area contributed by atoms with Crippen LogP contribution in [0.4, 0.5) is 9.52 Å². The summed E-state index contributed by atoms with van der Waals surface area (Å²) in [6, 6.07) is 9.55. The lowest BCUT2D eigenvalue weighted by Crippen LogP contribution is -2.14. The van der Waals surface area contributed by atoms with Gasteiger partial charge in [0.15, 0.2) is 5.13 Å². The summed E-state index contributed by atoms with van der Waals surface area (Å²) in [7, 11) is 0. The van der Waals surface area contributed by atoms with E-state index in [1.54, 1.807) is 42.8 Å². The van der Waals surface area contributed by atoms with E-state index in [4.69, 9.17) is 0 Å². The maximum atomic E-state index is 13.0. The predicted octanol–water partition coefficient (Wildman–Crippen LogP) is 3.90. The van der Waals surface area contributed by atoms with Gasteiger partial charge in [-0.2, -0.15) is 0 Å². The van der Waals surface area contributed by atoms with Crippen LogP contribution < -0.4 is 5.32 Å². The van der Waals surface area contributed by atoms with Gasteiger partial charge in [0, 0.05) is 17.1 Å². The molecule has 0 aliphatic carbocycles. The summed E-state index contributed by atoms with van der Waals surface area (Å²) >= 11 is 1.35. The van der Waals surface area contributed by atoms with Crippen LogP contribution in [0.3, 0.4) is 0 Å². The molecule has 0 spiro atoms. The Kier molecular flexibility index (Phi) is 3.93. The number of aromatic nitrogens is 2. The van der Waals surface area contributed by atoms with E-state index in [-0.39, 0.29) is 11.7 Å². The van der Waals surface area contributed by atoms with Gasteiger partial charge in [0.1, 0.15) is 5.82 Å². The number of nitrogens with zero attached hydrogens (tertiary/aromatic N) is 2. The van der Waals surface area contributed by atoms with Crippen LogP contribution in [0, 0.1) is 12.7 Å². The van der Waals surface area contributed by atoms with E-state index in [1.165, 1.54) is 23.5 Å². The normalized spacial score (nSPS) is 10.5. The van der Waals surface area contributed by atoms with Crippen LogP contribution in [0.1, 0.15) is 16.1 Å². The number of halogens is 1. The van der Waals surface area contributed by atoms with Crippen molar-refractivity contribution in [2.24, 2.45) is 0 Å². The van der Waals surface area contributed by atoms with E-state index >= 15 is 0 Å². The molecule has 3 rings (SSSR count). The molecular weight excluding hydrogens is 301 g/mol. The first-order valence-electron chi connectivity index (χ1n) is 6.58. The fraction of sp³-hybridized carbons (Fsp3) is 0.0625. The number of aryl methyl sites for hydroxylation is 1. The highest BCUT2D eigenvalue weighted by Gasteiger charge is 2.12. The molecule has 0 radical (unpaired) electrons. The number of hydrogen-bond acceptors (Lipinski definition) is 4. The molecule has 0 saturated carbocycles. The average molecular weight is 313 g/mol. The van der Waals surface area contributed by atoms with Gasteiger partial charge in [-0.15, -0.1) is 11.3 Å². The van der Waals surface area contributed by atoms with Crippen molar-refractivity contribution in [3.63, 3.8) is 0 Å². The number of thiazole rings is 1. The van der Waals surface area contributed by atoms with Gasteiger partial charge in [-0.05, 0) is 43.3 Å². The minimum Gasteiger partial charge on any atom is -0.298 e. The summed E-state index contributed by atoms with van der Waals surface area (Å²) in [6.45, 7) is 1.77. The number of nitrogens with one attached hydrogen (secondary N) is 1. The van der Waals surface area contributed by atoms with E-state index in [2.05, 4.69) is 15.3 Å². The number of carbonyl (C=O) groups is 1. The Morgan fingerprint density at radius 1 is 1.18 bits per heavy atom. The van der Waals surface area contributed by atoms with Gasteiger partial charge in [-0.25, -0.2) is 9.37 Å². The lowest BCUT2D eigenvalue weighted by Gasteiger charge is -2.07. The van der Waals surface area contributed by atoms with Gasteiger partial charge in [0.25, 0.3) is 5.91 Å². The molecule has 1 amide bonds. The third kappa shape index (κ3) is 3.01. The standard InChI is InChI=1S/C16H12FN3OS/c1-10-13(15(21)20-16-18-8-9-22-16)6-7-14(19-10)11-2-4-12(17)5-3-11/h2-9H,1H3,(H,18,20,21). The molecule has 1 aromatic carbocycles. The van der Waals surface area contributed by atoms with Gasteiger partial charge in [-0.1, -0.05) is 0 Å². The van der Waals surface area contributed by atoms with Crippen LogP contribution in [0.5, 0.6) is 0 Å². The van der Waals surface area contributed by atoms with Gasteiger partial charge in [0.2, 0.25) is 0 Å². The molecule has 110 valence electrons. The Balaban J connectivity index is 1.85. The second-order valence-electron chi connectivity index (χ2n) is 4.63. The summed E-state index contributed by atoms with van der Waals surface area (Å²) < 4.78 is 13.0. The van der Waals surface area contributed by atoms with E-state index in [1.807, 2.05) is 0 Å². The first kappa shape index (κ1) is 14.3. The quantitative estimate of drug-likeness (QED) is 0.797. The van der Waals surface area contributed by atoms with E-state index in [9.17, 15) is 9.18 Å². The van der Waals surface area contributed by atoms with Gasteiger partial charge >= 0.3 is 0 Å². The number of benzene rings is 1. The van der Waals surface area contributed by atoms with Crippen molar-refractivity contribution >= 4 is 22.4 Å². The minimum absolute atomic E-state index is 0.245. The zero-order valence-corrected chi connectivity index (χ0v) is 12.5. The van der Waals surface area contributed by atoms with Gasteiger partial charge in [-0.3, -0.25) is 15.1 Å². The highest BCUT2D eigenvalue weighted by atomic mass is 32.1. The number of anilines is 1. The largest absolute Gasteiger partial charge is 0.298 e. The highest BCUT2D eigenvalue weighted by Crippen LogP contribution is 2.20. The number of amides is 1. The summed E-state index contributed by atoms with van der Waals surface area (Å²) in [5, 5.41) is 5.06. The minimum atomic E-state index is -0.292. The summed E-state index contributed by atoms with van der Waals surface area (Å²) in [4.78, 5) is 20.6. The molecule has 1 N–H and O–H groups in total. The average Bonchev–Trinajstić information content (AvgIpc) is 3.00. The van der Waals surface area contributed by atoms with Gasteiger partial charge < -0.3 is 0 Å². The lowest BCUT2D eigenvalue weighted by molar-refractivity contribution is 0.102. The first-order chi connectivity index (χ1) is 10.6. The SMILES string of the molecule is Cc1nc(-c2ccc(F)cc2)ccc1C(=O)Nc1nccs1. The monoisotopic (exact) mass is 313 g/mol. The summed E-state index contributed by atoms with van der Waals surface area (Å²) in [5.74, 6) is -0.537. The Morgan fingerprint density at radius 2 is 1.95 bits per heavy atom. The molecule has 2 heterocycles. The van der Waals surface area contributed by atoms with Crippen molar-refractivity contribution in [2.75, 3.05) is 5.32 Å². The van der Waals surface area contributed by atoms with E-state index in [0.29, 0.717) is 22.1 Å². The van der Waals surface area contributed by atoms with Crippen molar-refractivity contribution in [1.29, 1.82) is 0 Å². The molecule has 2 aromatic heterocycles. The zero-order chi connectivity index (χ0) is 15.5. The number of carbonyl (C=O) groups excluding carboxylic acids is 1. The van der Waals surface area contributed by atoms with Crippen LogP contribution in [-0.2, 0) is 0 Å². The summed E-state index contributed by atoms with van der Waals surface area (Å²) in [6.07, 6.45) is 1.63. The second kappa shape index (κ2) is 6.03. The van der Waals surface area contributed by atoms with E-state index < -0.39 is 0 Å². The Hall–Kier alpha value is -2.60. The van der Waals surface area contributed by atoms with Crippen molar-refractivity contribution in [3.8, 4) is 11.3 Å². The summed E-state index contributed by atoms with van der Waals surface area (Å²) in [5.41, 5.74) is 2.59. The van der Waals surface area contributed by atoms with Crippen molar-refractivity contribution in [1.82, 2.24) is 9.97 Å². The van der Waals surface area contributed by atoms with Crippen LogP contribution in [0.15, 0.2) is 48.0 Å². The predicted molar refractivity (Wildman–Crippen MR) is 84.4 cm³/mol. The highest BCUT2D eigenvalue weighted by molar-refractivity contribution is 7.13. The number of rotatable bonds is 3. The van der Waals surface area contributed by atoms with Crippen molar-refractivity contribution in [3.05, 3.63) is 65.0 Å². The van der Waals surface area contributed by atoms with E-state index in [0.717, 1.165) is 5.56 Å². The fourth-order valence-corrected chi connectivity index (χ4v) is 2.56. The molecule has 0 bridgehead atoms. The smallest absolute Gasteiger partial charge is 0.259 e. The maximum absolute atomic E-state index is 13.0. The number of pyridine rings is 1.